The van der Waals surface area contributed by atoms with Crippen molar-refractivity contribution in [2.45, 2.75) is 6.42 Å². The van der Waals surface area contributed by atoms with Gasteiger partial charge in [-0.25, -0.2) is 0 Å². The highest BCUT2D eigenvalue weighted by Gasteiger charge is 1.98. The number of aryl methyl sites for hydroxylation is 1. The molecule has 4 nitrogen and oxygen atoms in total. The van der Waals surface area contributed by atoms with Crippen LogP contribution in [0.1, 0.15) is 12.0 Å². The first-order chi connectivity index (χ1) is 6.25. The largest absolute Gasteiger partial charge is 0.383 e. The van der Waals surface area contributed by atoms with Crippen molar-refractivity contribution in [2.75, 3.05) is 19.3 Å². The summed E-state index contributed by atoms with van der Waals surface area (Å²) in [7, 11) is 3.77. The van der Waals surface area contributed by atoms with Crippen LogP contribution in [0.25, 0.3) is 6.08 Å². The van der Waals surface area contributed by atoms with Crippen LogP contribution < -0.4 is 11.1 Å². The summed E-state index contributed by atoms with van der Waals surface area (Å²) in [6, 6.07) is 0. The summed E-state index contributed by atoms with van der Waals surface area (Å²) in [5, 5.41) is 7.11. The van der Waals surface area contributed by atoms with Gasteiger partial charge in [0, 0.05) is 12.6 Å². The summed E-state index contributed by atoms with van der Waals surface area (Å²) < 4.78 is 1.66. The van der Waals surface area contributed by atoms with E-state index in [2.05, 4.69) is 16.5 Å². The molecule has 0 fully saturated rings. The summed E-state index contributed by atoms with van der Waals surface area (Å²) in [4.78, 5) is 0. The van der Waals surface area contributed by atoms with Crippen LogP contribution in [0, 0.1) is 0 Å². The molecule has 0 saturated heterocycles. The highest BCUT2D eigenvalue weighted by molar-refractivity contribution is 5.60. The number of anilines is 1. The van der Waals surface area contributed by atoms with Gasteiger partial charge < -0.3 is 11.1 Å². The third-order valence-electron chi connectivity index (χ3n) is 1.87. The smallest absolute Gasteiger partial charge is 0.128 e. The summed E-state index contributed by atoms with van der Waals surface area (Å²) in [5.41, 5.74) is 6.74. The van der Waals surface area contributed by atoms with Gasteiger partial charge in [-0.1, -0.05) is 12.2 Å². The topological polar surface area (TPSA) is 55.9 Å². The lowest BCUT2D eigenvalue weighted by Gasteiger charge is -1.94. The normalized spacial score (nSPS) is 11.2. The number of aromatic nitrogens is 2. The monoisotopic (exact) mass is 180 g/mol. The van der Waals surface area contributed by atoms with Gasteiger partial charge in [-0.15, -0.1) is 0 Å². The van der Waals surface area contributed by atoms with Crippen LogP contribution in [0.5, 0.6) is 0 Å². The number of hydrogen-bond donors (Lipinski definition) is 2. The van der Waals surface area contributed by atoms with Gasteiger partial charge in [-0.05, 0) is 20.0 Å². The van der Waals surface area contributed by atoms with Crippen molar-refractivity contribution in [3.05, 3.63) is 17.8 Å². The fourth-order valence-corrected chi connectivity index (χ4v) is 1.03. The molecule has 0 aromatic carbocycles. The molecule has 0 amide bonds. The Kier molecular flexibility index (Phi) is 3.52. The van der Waals surface area contributed by atoms with Gasteiger partial charge in [-0.2, -0.15) is 5.10 Å². The maximum Gasteiger partial charge on any atom is 0.128 e. The lowest BCUT2D eigenvalue weighted by atomic mass is 10.2. The van der Waals surface area contributed by atoms with Crippen molar-refractivity contribution in [1.29, 1.82) is 0 Å². The molecule has 0 spiro atoms. The second kappa shape index (κ2) is 4.67. The van der Waals surface area contributed by atoms with E-state index in [1.54, 1.807) is 10.9 Å². The summed E-state index contributed by atoms with van der Waals surface area (Å²) in [5.74, 6) is 0.709. The highest BCUT2D eigenvalue weighted by atomic mass is 15.3. The van der Waals surface area contributed by atoms with E-state index in [1.165, 1.54) is 0 Å². The Morgan fingerprint density at radius 2 is 2.46 bits per heavy atom. The Balaban J connectivity index is 2.53. The van der Waals surface area contributed by atoms with Crippen molar-refractivity contribution in [3.63, 3.8) is 0 Å². The fraction of sp³-hybridized carbons (Fsp3) is 0.444. The van der Waals surface area contributed by atoms with Gasteiger partial charge in [0.25, 0.3) is 0 Å². The predicted molar refractivity (Wildman–Crippen MR) is 55.2 cm³/mol. The maximum atomic E-state index is 5.75. The summed E-state index contributed by atoms with van der Waals surface area (Å²) >= 11 is 0. The molecule has 4 heteroatoms. The molecule has 0 radical (unpaired) electrons. The van der Waals surface area contributed by atoms with Crippen LogP contribution in [-0.2, 0) is 7.05 Å². The first-order valence-electron chi connectivity index (χ1n) is 4.34. The minimum atomic E-state index is 0.709. The molecule has 0 aliphatic carbocycles. The van der Waals surface area contributed by atoms with Crippen molar-refractivity contribution < 1.29 is 0 Å². The van der Waals surface area contributed by atoms with E-state index in [-0.39, 0.29) is 0 Å². The molecule has 0 aliphatic heterocycles. The molecule has 0 bridgehead atoms. The molecular formula is C9H16N4. The third-order valence-corrected chi connectivity index (χ3v) is 1.87. The fourth-order valence-electron chi connectivity index (χ4n) is 1.03. The van der Waals surface area contributed by atoms with E-state index in [1.807, 2.05) is 20.2 Å². The first kappa shape index (κ1) is 9.80. The third kappa shape index (κ3) is 2.59. The molecule has 1 aromatic rings. The molecule has 0 atom stereocenters. The van der Waals surface area contributed by atoms with Crippen molar-refractivity contribution >= 4 is 11.9 Å². The van der Waals surface area contributed by atoms with E-state index in [9.17, 15) is 0 Å². The number of nitrogens with one attached hydrogen (secondary N) is 1. The van der Waals surface area contributed by atoms with E-state index in [0.29, 0.717) is 5.82 Å². The number of rotatable bonds is 4. The Bertz CT molecular complexity index is 288. The minimum absolute atomic E-state index is 0.709. The zero-order chi connectivity index (χ0) is 9.68. The molecule has 3 N–H and O–H groups in total. The number of hydrogen-bond acceptors (Lipinski definition) is 3. The Morgan fingerprint density at radius 1 is 1.69 bits per heavy atom. The van der Waals surface area contributed by atoms with Crippen LogP contribution >= 0.6 is 0 Å². The highest BCUT2D eigenvalue weighted by Crippen LogP contribution is 2.10. The van der Waals surface area contributed by atoms with Gasteiger partial charge in [0.1, 0.15) is 5.82 Å². The van der Waals surface area contributed by atoms with Crippen molar-refractivity contribution in [1.82, 2.24) is 15.1 Å². The number of nitrogens with zero attached hydrogens (tertiary/aromatic N) is 2. The van der Waals surface area contributed by atoms with Gasteiger partial charge in [0.05, 0.1) is 6.20 Å². The van der Waals surface area contributed by atoms with Crippen molar-refractivity contribution in [3.8, 4) is 0 Å². The predicted octanol–water partition coefficient (Wildman–Crippen LogP) is 0.625. The molecule has 13 heavy (non-hydrogen) atoms. The molecule has 72 valence electrons. The van der Waals surface area contributed by atoms with E-state index in [0.717, 1.165) is 18.5 Å². The van der Waals surface area contributed by atoms with E-state index < -0.39 is 0 Å². The zero-order valence-electron chi connectivity index (χ0n) is 8.12. The van der Waals surface area contributed by atoms with Gasteiger partial charge in [0.15, 0.2) is 0 Å². The van der Waals surface area contributed by atoms with Gasteiger partial charge in [0.2, 0.25) is 0 Å². The van der Waals surface area contributed by atoms with Crippen LogP contribution in [0.3, 0.4) is 0 Å². The summed E-state index contributed by atoms with van der Waals surface area (Å²) in [6.45, 7) is 0.983. The molecule has 1 heterocycles. The number of nitrogens with two attached hydrogens (primary N) is 1. The second-order valence-electron chi connectivity index (χ2n) is 2.90. The van der Waals surface area contributed by atoms with Gasteiger partial charge in [-0.3, -0.25) is 4.68 Å². The first-order valence-corrected chi connectivity index (χ1v) is 4.34. The lowest BCUT2D eigenvalue weighted by Crippen LogP contribution is -2.05. The van der Waals surface area contributed by atoms with Crippen LogP contribution in [0.2, 0.25) is 0 Å². The molecule has 0 saturated carbocycles. The zero-order valence-corrected chi connectivity index (χ0v) is 8.12. The number of nitrogen functional groups attached to an aromatic ring is 1. The van der Waals surface area contributed by atoms with Crippen LogP contribution in [0.4, 0.5) is 5.82 Å². The quantitative estimate of drug-likeness (QED) is 0.668. The average molecular weight is 180 g/mol. The molecule has 1 aromatic heterocycles. The average Bonchev–Trinajstić information content (AvgIpc) is 2.43. The Morgan fingerprint density at radius 3 is 3.00 bits per heavy atom. The maximum absolute atomic E-state index is 5.75. The molecule has 0 aliphatic rings. The van der Waals surface area contributed by atoms with E-state index in [4.69, 9.17) is 5.73 Å². The second-order valence-corrected chi connectivity index (χ2v) is 2.90. The molecule has 0 unspecified atom stereocenters. The summed E-state index contributed by atoms with van der Waals surface area (Å²) in [6.07, 6.45) is 6.86. The standard InChI is InChI=1S/C9H16N4/c1-11-6-4-3-5-8-7-12-13(2)9(8)10/h3,5,7,11H,4,6,10H2,1-2H3. The minimum Gasteiger partial charge on any atom is -0.383 e. The lowest BCUT2D eigenvalue weighted by molar-refractivity contribution is 0.779. The van der Waals surface area contributed by atoms with E-state index >= 15 is 0 Å². The Labute approximate surface area is 78.4 Å². The SMILES string of the molecule is CNCCC=Cc1cnn(C)c1N. The van der Waals surface area contributed by atoms with Crippen LogP contribution in [-0.4, -0.2) is 23.4 Å². The van der Waals surface area contributed by atoms with Gasteiger partial charge >= 0.3 is 0 Å². The van der Waals surface area contributed by atoms with Crippen molar-refractivity contribution in [2.24, 2.45) is 7.05 Å². The Hall–Kier alpha value is -1.29. The van der Waals surface area contributed by atoms with Crippen LogP contribution in [0.15, 0.2) is 12.3 Å². The molecular weight excluding hydrogens is 164 g/mol. The molecule has 1 rings (SSSR count).